The van der Waals surface area contributed by atoms with Gasteiger partial charge in [-0.15, -0.1) is 0 Å². The number of rotatable bonds is 14. The first-order valence-electron chi connectivity index (χ1n) is 11.2. The summed E-state index contributed by atoms with van der Waals surface area (Å²) in [6.45, 7) is 10.4. The highest BCUT2D eigenvalue weighted by Crippen LogP contribution is 2.29. The first-order valence-corrected chi connectivity index (χ1v) is 11.2. The van der Waals surface area contributed by atoms with Gasteiger partial charge in [0.25, 0.3) is 0 Å². The van der Waals surface area contributed by atoms with Crippen molar-refractivity contribution >= 4 is 11.8 Å². The normalized spacial score (nSPS) is 12.1. The van der Waals surface area contributed by atoms with Crippen molar-refractivity contribution in [2.24, 2.45) is 10.8 Å². The van der Waals surface area contributed by atoms with Gasteiger partial charge in [0.1, 0.15) is 5.78 Å². The van der Waals surface area contributed by atoms with Crippen molar-refractivity contribution < 1.29 is 14.3 Å². The van der Waals surface area contributed by atoms with Gasteiger partial charge >= 0.3 is 5.97 Å². The van der Waals surface area contributed by atoms with Crippen LogP contribution in [0, 0.1) is 10.8 Å². The fourth-order valence-corrected chi connectivity index (χ4v) is 4.12. The van der Waals surface area contributed by atoms with Crippen LogP contribution in [0.4, 0.5) is 0 Å². The Kier molecular flexibility index (Phi) is 10.6. The molecule has 0 aliphatic carbocycles. The molecule has 0 fully saturated rings. The van der Waals surface area contributed by atoms with E-state index in [9.17, 15) is 9.59 Å². The van der Waals surface area contributed by atoms with E-state index in [0.717, 1.165) is 38.5 Å². The van der Waals surface area contributed by atoms with Crippen LogP contribution in [0.5, 0.6) is 0 Å². The Hall–Kier alpha value is -1.64. The fourth-order valence-electron chi connectivity index (χ4n) is 4.12. The average molecular weight is 403 g/mol. The van der Waals surface area contributed by atoms with Crippen LogP contribution >= 0.6 is 0 Å². The van der Waals surface area contributed by atoms with Crippen LogP contribution in [0.2, 0.25) is 0 Å². The third kappa shape index (κ3) is 11.8. The summed E-state index contributed by atoms with van der Waals surface area (Å²) < 4.78 is 4.80. The van der Waals surface area contributed by atoms with Crippen molar-refractivity contribution in [2.45, 2.75) is 98.8 Å². The van der Waals surface area contributed by atoms with Crippen LogP contribution in [0.15, 0.2) is 24.3 Å². The van der Waals surface area contributed by atoms with E-state index in [4.69, 9.17) is 4.74 Å². The van der Waals surface area contributed by atoms with Crippen molar-refractivity contribution in [1.29, 1.82) is 0 Å². The minimum absolute atomic E-state index is 0.00507. The summed E-state index contributed by atoms with van der Waals surface area (Å²) >= 11 is 0. The zero-order valence-corrected chi connectivity index (χ0v) is 19.6. The molecule has 0 spiro atoms. The zero-order chi connectivity index (χ0) is 21.9. The molecule has 0 bridgehead atoms. The van der Waals surface area contributed by atoms with Crippen molar-refractivity contribution in [1.82, 2.24) is 0 Å². The van der Waals surface area contributed by atoms with Gasteiger partial charge in [-0.2, -0.15) is 0 Å². The second-order valence-corrected chi connectivity index (χ2v) is 10.2. The lowest BCUT2D eigenvalue weighted by Gasteiger charge is -2.23. The van der Waals surface area contributed by atoms with Gasteiger partial charge in [0.2, 0.25) is 0 Å². The molecular weight excluding hydrogens is 360 g/mol. The summed E-state index contributed by atoms with van der Waals surface area (Å²) in [5, 5.41) is 0. The number of esters is 1. The second-order valence-electron chi connectivity index (χ2n) is 10.2. The average Bonchev–Trinajstić information content (AvgIpc) is 2.61. The number of hydrogen-bond acceptors (Lipinski definition) is 3. The smallest absolute Gasteiger partial charge is 0.306 e. The number of Topliss-reactive ketones (excluding diaryl/α,β-unsaturated/α-hetero) is 1. The van der Waals surface area contributed by atoms with E-state index in [2.05, 4.69) is 52.0 Å². The molecule has 3 nitrogen and oxygen atoms in total. The number of benzene rings is 1. The summed E-state index contributed by atoms with van der Waals surface area (Å²) in [7, 11) is 1.46. The van der Waals surface area contributed by atoms with Crippen LogP contribution in [-0.2, 0) is 27.2 Å². The predicted octanol–water partition coefficient (Wildman–Crippen LogP) is 6.71. The summed E-state index contributed by atoms with van der Waals surface area (Å²) in [6.07, 6.45) is 10.1. The maximum atomic E-state index is 11.5. The third-order valence-electron chi connectivity index (χ3n) is 5.71. The zero-order valence-electron chi connectivity index (χ0n) is 19.6. The number of carbonyl (C=O) groups is 2. The standard InChI is InChI=1S/C26H42O3/c1-21(27)19-25(2,3)16-9-7-12-22-14-11-15-23(18-22)13-8-10-17-26(4,5)20-24(28)29-6/h11,14-15,18H,7-10,12-13,16-17,19-20H2,1-6H3. The highest BCUT2D eigenvalue weighted by Gasteiger charge is 2.22. The van der Waals surface area contributed by atoms with Crippen molar-refractivity contribution in [3.05, 3.63) is 35.4 Å². The minimum Gasteiger partial charge on any atom is -0.469 e. The molecule has 0 unspecified atom stereocenters. The Morgan fingerprint density at radius 3 is 1.76 bits per heavy atom. The highest BCUT2D eigenvalue weighted by molar-refractivity contribution is 5.76. The van der Waals surface area contributed by atoms with Crippen LogP contribution < -0.4 is 0 Å². The Labute approximate surface area is 178 Å². The van der Waals surface area contributed by atoms with Crippen LogP contribution in [0.25, 0.3) is 0 Å². The number of carbonyl (C=O) groups excluding carboxylic acids is 2. The fraction of sp³-hybridized carbons (Fsp3) is 0.692. The van der Waals surface area contributed by atoms with Crippen LogP contribution in [0.1, 0.15) is 97.1 Å². The van der Waals surface area contributed by atoms with Crippen molar-refractivity contribution in [3.8, 4) is 0 Å². The molecule has 0 atom stereocenters. The molecule has 0 aromatic heterocycles. The largest absolute Gasteiger partial charge is 0.469 e. The lowest BCUT2D eigenvalue weighted by molar-refractivity contribution is -0.143. The SMILES string of the molecule is COC(=O)CC(C)(C)CCCCc1cccc(CCCCC(C)(C)CC(C)=O)c1. The topological polar surface area (TPSA) is 43.4 Å². The first-order chi connectivity index (χ1) is 13.5. The molecule has 0 radical (unpaired) electrons. The van der Waals surface area contributed by atoms with E-state index in [0.29, 0.717) is 12.8 Å². The lowest BCUT2D eigenvalue weighted by Crippen LogP contribution is -2.18. The summed E-state index contributed by atoms with van der Waals surface area (Å²) in [5.74, 6) is 0.170. The first kappa shape index (κ1) is 25.4. The number of ether oxygens (including phenoxy) is 1. The lowest BCUT2D eigenvalue weighted by atomic mass is 9.82. The predicted molar refractivity (Wildman–Crippen MR) is 121 cm³/mol. The van der Waals surface area contributed by atoms with Crippen molar-refractivity contribution in [2.75, 3.05) is 7.11 Å². The molecular formula is C26H42O3. The van der Waals surface area contributed by atoms with Gasteiger partial charge in [0.05, 0.1) is 13.5 Å². The molecule has 0 heterocycles. The number of aryl methyl sites for hydroxylation is 2. The number of hydrogen-bond donors (Lipinski definition) is 0. The molecule has 0 amide bonds. The van der Waals surface area contributed by atoms with E-state index < -0.39 is 0 Å². The van der Waals surface area contributed by atoms with E-state index in [1.54, 1.807) is 6.92 Å². The highest BCUT2D eigenvalue weighted by atomic mass is 16.5. The molecule has 0 N–H and O–H groups in total. The monoisotopic (exact) mass is 402 g/mol. The maximum Gasteiger partial charge on any atom is 0.306 e. The van der Waals surface area contributed by atoms with Gasteiger partial charge in [0.15, 0.2) is 0 Å². The molecule has 29 heavy (non-hydrogen) atoms. The Morgan fingerprint density at radius 1 is 0.828 bits per heavy atom. The molecule has 3 heteroatoms. The Bertz CT molecular complexity index is 643. The van der Waals surface area contributed by atoms with E-state index in [1.807, 2.05) is 0 Å². The molecule has 164 valence electrons. The number of methoxy groups -OCH3 is 1. The Balaban J connectivity index is 2.34. The Morgan fingerprint density at radius 2 is 1.31 bits per heavy atom. The van der Waals surface area contributed by atoms with Gasteiger partial charge in [-0.25, -0.2) is 0 Å². The van der Waals surface area contributed by atoms with Gasteiger partial charge in [-0.3, -0.25) is 4.79 Å². The number of unbranched alkanes of at least 4 members (excludes halogenated alkanes) is 2. The molecule has 1 rings (SSSR count). The van der Waals surface area contributed by atoms with Crippen LogP contribution in [-0.4, -0.2) is 18.9 Å². The van der Waals surface area contributed by atoms with E-state index >= 15 is 0 Å². The van der Waals surface area contributed by atoms with Gasteiger partial charge in [-0.05, 0) is 67.4 Å². The van der Waals surface area contributed by atoms with Crippen molar-refractivity contribution in [3.63, 3.8) is 0 Å². The second kappa shape index (κ2) is 12.1. The summed E-state index contributed by atoms with van der Waals surface area (Å²) in [5.41, 5.74) is 2.95. The molecule has 0 aliphatic heterocycles. The molecule has 0 saturated carbocycles. The summed E-state index contributed by atoms with van der Waals surface area (Å²) in [6, 6.07) is 8.97. The van der Waals surface area contributed by atoms with E-state index in [1.165, 1.54) is 31.1 Å². The number of ketones is 1. The molecule has 1 aromatic carbocycles. The third-order valence-corrected chi connectivity index (χ3v) is 5.71. The van der Waals surface area contributed by atoms with E-state index in [-0.39, 0.29) is 22.6 Å². The maximum absolute atomic E-state index is 11.5. The van der Waals surface area contributed by atoms with Gasteiger partial charge in [-0.1, -0.05) is 64.8 Å². The van der Waals surface area contributed by atoms with Gasteiger partial charge < -0.3 is 9.53 Å². The molecule has 0 aliphatic rings. The quantitative estimate of drug-likeness (QED) is 0.257. The molecule has 1 aromatic rings. The van der Waals surface area contributed by atoms with Crippen LogP contribution in [0.3, 0.4) is 0 Å². The summed E-state index contributed by atoms with van der Waals surface area (Å²) in [4.78, 5) is 22.8. The molecule has 0 saturated heterocycles. The van der Waals surface area contributed by atoms with Gasteiger partial charge in [0, 0.05) is 6.42 Å². The minimum atomic E-state index is -0.118.